The lowest BCUT2D eigenvalue weighted by molar-refractivity contribution is -0.135. The molecule has 4 rings (SSSR count). The first-order valence-electron chi connectivity index (χ1n) is 12.2. The number of nitrogens with one attached hydrogen (secondary N) is 2. The van der Waals surface area contributed by atoms with E-state index in [4.69, 9.17) is 14.6 Å². The Balaban J connectivity index is 1.42. The van der Waals surface area contributed by atoms with E-state index in [2.05, 4.69) is 30.5 Å². The molecule has 0 atom stereocenters. The summed E-state index contributed by atoms with van der Waals surface area (Å²) < 4.78 is 11.3. The van der Waals surface area contributed by atoms with Crippen LogP contribution in [0.1, 0.15) is 23.2 Å². The van der Waals surface area contributed by atoms with Crippen LogP contribution in [0, 0.1) is 0 Å². The van der Waals surface area contributed by atoms with Crippen LogP contribution in [0.15, 0.2) is 54.9 Å². The minimum atomic E-state index is -1.13. The molecule has 0 radical (unpaired) electrons. The molecule has 194 valence electrons. The molecular weight excluding hydrogens is 476 g/mol. The number of nitrogens with zero attached hydrogens (tertiary/aromatic N) is 4. The summed E-state index contributed by atoms with van der Waals surface area (Å²) in [5.41, 5.74) is 1.61. The fraction of sp³-hybridized carbons (Fsp3) is 0.346. The Morgan fingerprint density at radius 2 is 1.86 bits per heavy atom. The van der Waals surface area contributed by atoms with E-state index >= 15 is 0 Å². The van der Waals surface area contributed by atoms with Crippen LogP contribution < -0.4 is 15.4 Å². The van der Waals surface area contributed by atoms with E-state index in [-0.39, 0.29) is 5.56 Å². The molecule has 3 N–H and O–H groups in total. The Labute approximate surface area is 214 Å². The number of carbonyl (C=O) groups is 2. The first kappa shape index (κ1) is 26.0. The summed E-state index contributed by atoms with van der Waals surface area (Å²) in [4.78, 5) is 38.9. The van der Waals surface area contributed by atoms with E-state index in [0.717, 1.165) is 51.3 Å². The van der Waals surface area contributed by atoms with Crippen LogP contribution in [0.3, 0.4) is 0 Å². The van der Waals surface area contributed by atoms with E-state index in [1.165, 1.54) is 6.33 Å². The van der Waals surface area contributed by atoms with Crippen molar-refractivity contribution in [2.45, 2.75) is 12.8 Å². The Hall–Kier alpha value is -4.09. The number of hydrogen-bond acceptors (Lipinski definition) is 9. The number of aromatic nitrogens is 3. The summed E-state index contributed by atoms with van der Waals surface area (Å²) in [6.45, 7) is 4.33. The zero-order valence-electron chi connectivity index (χ0n) is 20.4. The first-order chi connectivity index (χ1) is 18.1. The van der Waals surface area contributed by atoms with Crippen LogP contribution in [0.4, 0.5) is 11.6 Å². The molecule has 0 saturated carbocycles. The highest BCUT2D eigenvalue weighted by Gasteiger charge is 2.16. The molecule has 2 aromatic carbocycles. The highest BCUT2D eigenvalue weighted by molar-refractivity contribution is 5.99. The minimum Gasteiger partial charge on any atom is -0.493 e. The van der Waals surface area contributed by atoms with Gasteiger partial charge in [0, 0.05) is 24.3 Å². The van der Waals surface area contributed by atoms with Gasteiger partial charge in [0.25, 0.3) is 5.91 Å². The van der Waals surface area contributed by atoms with Gasteiger partial charge in [-0.1, -0.05) is 30.3 Å². The molecule has 1 aliphatic heterocycles. The van der Waals surface area contributed by atoms with Gasteiger partial charge >= 0.3 is 5.97 Å². The zero-order valence-corrected chi connectivity index (χ0v) is 20.4. The summed E-state index contributed by atoms with van der Waals surface area (Å²) in [6, 6.07) is 14.5. The first-order valence-corrected chi connectivity index (χ1v) is 12.2. The van der Waals surface area contributed by atoms with E-state index in [1.807, 2.05) is 30.3 Å². The van der Waals surface area contributed by atoms with Crippen molar-refractivity contribution in [1.82, 2.24) is 25.2 Å². The fourth-order valence-electron chi connectivity index (χ4n) is 3.82. The van der Waals surface area contributed by atoms with E-state index in [0.29, 0.717) is 29.8 Å². The lowest BCUT2D eigenvalue weighted by Crippen LogP contribution is -2.36. The number of anilines is 2. The van der Waals surface area contributed by atoms with Crippen molar-refractivity contribution in [2.24, 2.45) is 0 Å². The van der Waals surface area contributed by atoms with Gasteiger partial charge in [-0.25, -0.2) is 9.97 Å². The molecule has 1 saturated heterocycles. The zero-order chi connectivity index (χ0) is 25.9. The normalized spacial score (nSPS) is 13.6. The Bertz CT molecular complexity index is 1190. The molecule has 0 bridgehead atoms. The molecular formula is C26H30N6O5. The van der Waals surface area contributed by atoms with Crippen LogP contribution in [0.2, 0.25) is 0 Å². The number of rotatable bonds is 12. The van der Waals surface area contributed by atoms with Crippen LogP contribution in [-0.4, -0.2) is 82.8 Å². The summed E-state index contributed by atoms with van der Waals surface area (Å²) in [5.74, 6) is -0.487. The second kappa shape index (κ2) is 13.3. The maximum absolute atomic E-state index is 12.8. The van der Waals surface area contributed by atoms with Crippen molar-refractivity contribution in [1.29, 1.82) is 0 Å². The van der Waals surface area contributed by atoms with Crippen LogP contribution >= 0.6 is 0 Å². The number of carbonyl (C=O) groups excluding carboxylic acids is 1. The van der Waals surface area contributed by atoms with Gasteiger partial charge in [-0.2, -0.15) is 4.98 Å². The van der Waals surface area contributed by atoms with Crippen molar-refractivity contribution in [3.8, 4) is 17.1 Å². The molecule has 0 unspecified atom stereocenters. The van der Waals surface area contributed by atoms with Crippen molar-refractivity contribution in [2.75, 3.05) is 51.3 Å². The van der Waals surface area contributed by atoms with Crippen LogP contribution in [0.25, 0.3) is 11.4 Å². The maximum Gasteiger partial charge on any atom is 0.322 e. The number of ether oxygens (including phenoxy) is 2. The van der Waals surface area contributed by atoms with Gasteiger partial charge in [0.05, 0.1) is 25.4 Å². The fourth-order valence-corrected chi connectivity index (χ4v) is 3.82. The third-order valence-corrected chi connectivity index (χ3v) is 5.71. The van der Waals surface area contributed by atoms with Gasteiger partial charge in [-0.3, -0.25) is 14.5 Å². The molecule has 1 fully saturated rings. The standard InChI is InChI=1S/C26H30N6O5/c33-23(34)17-27-25(35)21-16-20(30-26-29-18-28-24(31-26)19-6-2-1-3-7-19)8-9-22(21)37-13-5-4-10-32-11-14-36-15-12-32/h1-3,6-9,16,18H,4-5,10-15,17H2,(H,27,35)(H,33,34)(H,28,29,30,31). The lowest BCUT2D eigenvalue weighted by Gasteiger charge is -2.26. The topological polar surface area (TPSA) is 139 Å². The number of carboxylic acids is 1. The van der Waals surface area contributed by atoms with Crippen molar-refractivity contribution >= 4 is 23.5 Å². The summed E-state index contributed by atoms with van der Waals surface area (Å²) >= 11 is 0. The smallest absolute Gasteiger partial charge is 0.322 e. The third kappa shape index (κ3) is 7.95. The van der Waals surface area contributed by atoms with Crippen LogP contribution in [-0.2, 0) is 9.53 Å². The number of unbranched alkanes of at least 4 members (excludes halogenated alkanes) is 1. The van der Waals surface area contributed by atoms with Gasteiger partial charge in [0.1, 0.15) is 18.6 Å². The van der Waals surface area contributed by atoms with Gasteiger partial charge in [0.15, 0.2) is 5.82 Å². The Kier molecular flexibility index (Phi) is 9.33. The van der Waals surface area contributed by atoms with Crippen molar-refractivity contribution < 1.29 is 24.2 Å². The quantitative estimate of drug-likeness (QED) is 0.314. The molecule has 1 aliphatic rings. The molecule has 1 aromatic heterocycles. The average molecular weight is 507 g/mol. The summed E-state index contributed by atoms with van der Waals surface area (Å²) in [7, 11) is 0. The summed E-state index contributed by atoms with van der Waals surface area (Å²) in [5, 5.41) is 14.4. The predicted molar refractivity (Wildman–Crippen MR) is 137 cm³/mol. The van der Waals surface area contributed by atoms with Crippen molar-refractivity contribution in [3.63, 3.8) is 0 Å². The monoisotopic (exact) mass is 506 g/mol. The highest BCUT2D eigenvalue weighted by Crippen LogP contribution is 2.25. The number of morpholine rings is 1. The SMILES string of the molecule is O=C(O)CNC(=O)c1cc(Nc2ncnc(-c3ccccc3)n2)ccc1OCCCCN1CCOCC1. The van der Waals surface area contributed by atoms with E-state index in [1.54, 1.807) is 18.2 Å². The highest BCUT2D eigenvalue weighted by atomic mass is 16.5. The molecule has 2 heterocycles. The van der Waals surface area contributed by atoms with Gasteiger partial charge in [-0.05, 0) is 37.6 Å². The number of hydrogen-bond donors (Lipinski definition) is 3. The maximum atomic E-state index is 12.8. The predicted octanol–water partition coefficient (Wildman–Crippen LogP) is 2.59. The van der Waals surface area contributed by atoms with Crippen LogP contribution in [0.5, 0.6) is 5.75 Å². The molecule has 11 nitrogen and oxygen atoms in total. The molecule has 0 spiro atoms. The van der Waals surface area contributed by atoms with E-state index < -0.39 is 18.4 Å². The Morgan fingerprint density at radius 3 is 2.65 bits per heavy atom. The average Bonchev–Trinajstić information content (AvgIpc) is 2.93. The second-order valence-corrected chi connectivity index (χ2v) is 8.42. The van der Waals surface area contributed by atoms with Gasteiger partial charge in [-0.15, -0.1) is 0 Å². The van der Waals surface area contributed by atoms with Gasteiger partial charge < -0.3 is 25.2 Å². The van der Waals surface area contributed by atoms with E-state index in [9.17, 15) is 9.59 Å². The second-order valence-electron chi connectivity index (χ2n) is 8.42. The molecule has 0 aliphatic carbocycles. The van der Waals surface area contributed by atoms with Gasteiger partial charge in [0.2, 0.25) is 5.95 Å². The molecule has 1 amide bonds. The number of benzene rings is 2. The molecule has 3 aromatic rings. The largest absolute Gasteiger partial charge is 0.493 e. The third-order valence-electron chi connectivity index (χ3n) is 5.71. The lowest BCUT2D eigenvalue weighted by atomic mass is 10.1. The minimum absolute atomic E-state index is 0.219. The molecule has 37 heavy (non-hydrogen) atoms. The number of amides is 1. The summed E-state index contributed by atoms with van der Waals surface area (Å²) in [6.07, 6.45) is 3.19. The number of carboxylic acid groups (broad SMARTS) is 1. The molecule has 11 heteroatoms. The van der Waals surface area contributed by atoms with Crippen molar-refractivity contribution in [3.05, 3.63) is 60.4 Å². The number of aliphatic carboxylic acids is 1. The Morgan fingerprint density at radius 1 is 1.05 bits per heavy atom.